The van der Waals surface area contributed by atoms with Crippen LogP contribution in [-0.2, 0) is 6.54 Å². The van der Waals surface area contributed by atoms with E-state index in [-0.39, 0.29) is 5.56 Å². The third-order valence-electron chi connectivity index (χ3n) is 3.17. The third-order valence-corrected chi connectivity index (χ3v) is 3.17. The van der Waals surface area contributed by atoms with E-state index < -0.39 is 5.97 Å². The summed E-state index contributed by atoms with van der Waals surface area (Å²) in [4.78, 5) is 10.8. The molecule has 0 bridgehead atoms. The minimum atomic E-state index is -0.925. The smallest absolute Gasteiger partial charge is 0.339 e. The number of hydrogen-bond acceptors (Lipinski definition) is 3. The average Bonchev–Trinajstić information content (AvgIpc) is 2.87. The number of nitrogens with one attached hydrogen (secondary N) is 1. The molecular formula is C12H17NO3. The molecule has 1 aliphatic rings. The molecule has 0 atom stereocenters. The Balaban J connectivity index is 1.80. The van der Waals surface area contributed by atoms with E-state index in [2.05, 4.69) is 5.32 Å². The van der Waals surface area contributed by atoms with Crippen molar-refractivity contribution in [1.29, 1.82) is 0 Å². The van der Waals surface area contributed by atoms with E-state index in [4.69, 9.17) is 9.52 Å². The standard InChI is InChI=1S/C12H17NO3/c14-12(15)10-5-6-16-11(10)8-13-7-9-3-1-2-4-9/h5-6,9,13H,1-4,7-8H2,(H,14,15). The number of carboxylic acid groups (broad SMARTS) is 1. The van der Waals surface area contributed by atoms with Gasteiger partial charge >= 0.3 is 5.97 Å². The van der Waals surface area contributed by atoms with E-state index in [9.17, 15) is 4.79 Å². The minimum Gasteiger partial charge on any atom is -0.478 e. The highest BCUT2D eigenvalue weighted by Crippen LogP contribution is 2.23. The molecule has 16 heavy (non-hydrogen) atoms. The van der Waals surface area contributed by atoms with Crippen molar-refractivity contribution in [3.8, 4) is 0 Å². The second-order valence-corrected chi connectivity index (χ2v) is 4.34. The molecule has 1 fully saturated rings. The summed E-state index contributed by atoms with van der Waals surface area (Å²) in [6.07, 6.45) is 6.66. The van der Waals surface area contributed by atoms with Gasteiger partial charge in [-0.05, 0) is 31.4 Å². The third kappa shape index (κ3) is 2.64. The van der Waals surface area contributed by atoms with E-state index in [0.717, 1.165) is 12.5 Å². The van der Waals surface area contributed by atoms with Crippen molar-refractivity contribution >= 4 is 5.97 Å². The lowest BCUT2D eigenvalue weighted by Crippen LogP contribution is -2.21. The predicted octanol–water partition coefficient (Wildman–Crippen LogP) is 2.26. The number of furan rings is 1. The largest absolute Gasteiger partial charge is 0.478 e. The fraction of sp³-hybridized carbons (Fsp3) is 0.583. The number of carboxylic acids is 1. The zero-order chi connectivity index (χ0) is 11.4. The van der Waals surface area contributed by atoms with Crippen molar-refractivity contribution in [1.82, 2.24) is 5.32 Å². The zero-order valence-electron chi connectivity index (χ0n) is 9.24. The van der Waals surface area contributed by atoms with Crippen LogP contribution in [0.4, 0.5) is 0 Å². The maximum atomic E-state index is 10.8. The Morgan fingerprint density at radius 1 is 1.50 bits per heavy atom. The van der Waals surface area contributed by atoms with Gasteiger partial charge in [0, 0.05) is 0 Å². The molecule has 0 aliphatic heterocycles. The molecule has 0 radical (unpaired) electrons. The van der Waals surface area contributed by atoms with Gasteiger partial charge in [0.05, 0.1) is 12.8 Å². The van der Waals surface area contributed by atoms with Gasteiger partial charge in [0.15, 0.2) is 0 Å². The first-order valence-corrected chi connectivity index (χ1v) is 5.77. The van der Waals surface area contributed by atoms with Crippen molar-refractivity contribution in [3.63, 3.8) is 0 Å². The lowest BCUT2D eigenvalue weighted by molar-refractivity contribution is 0.0694. The van der Waals surface area contributed by atoms with Gasteiger partial charge in [0.1, 0.15) is 11.3 Å². The molecule has 4 nitrogen and oxygen atoms in total. The van der Waals surface area contributed by atoms with Crippen LogP contribution in [0.25, 0.3) is 0 Å². The molecule has 0 amide bonds. The van der Waals surface area contributed by atoms with Crippen LogP contribution in [0.15, 0.2) is 16.7 Å². The van der Waals surface area contributed by atoms with Crippen molar-refractivity contribution in [2.24, 2.45) is 5.92 Å². The first-order chi connectivity index (χ1) is 7.77. The summed E-state index contributed by atoms with van der Waals surface area (Å²) in [5.74, 6) is 0.347. The topological polar surface area (TPSA) is 62.5 Å². The lowest BCUT2D eigenvalue weighted by atomic mass is 10.1. The van der Waals surface area contributed by atoms with Crippen LogP contribution >= 0.6 is 0 Å². The molecule has 1 aromatic heterocycles. The maximum Gasteiger partial charge on any atom is 0.339 e. The van der Waals surface area contributed by atoms with Crippen molar-refractivity contribution < 1.29 is 14.3 Å². The first-order valence-electron chi connectivity index (χ1n) is 5.77. The van der Waals surface area contributed by atoms with Gasteiger partial charge in [-0.15, -0.1) is 0 Å². The molecule has 0 unspecified atom stereocenters. The Morgan fingerprint density at radius 3 is 2.94 bits per heavy atom. The number of rotatable bonds is 5. The van der Waals surface area contributed by atoms with E-state index in [1.54, 1.807) is 0 Å². The van der Waals surface area contributed by atoms with Gasteiger partial charge in [0.2, 0.25) is 0 Å². The van der Waals surface area contributed by atoms with Gasteiger partial charge in [-0.1, -0.05) is 12.8 Å². The van der Waals surface area contributed by atoms with E-state index >= 15 is 0 Å². The molecule has 0 saturated heterocycles. The van der Waals surface area contributed by atoms with Crippen LogP contribution in [-0.4, -0.2) is 17.6 Å². The SMILES string of the molecule is O=C(O)c1ccoc1CNCC1CCCC1. The molecule has 0 spiro atoms. The van der Waals surface area contributed by atoms with Crippen LogP contribution in [0, 0.1) is 5.92 Å². The Labute approximate surface area is 94.6 Å². The van der Waals surface area contributed by atoms with E-state index in [1.165, 1.54) is 38.0 Å². The molecule has 2 rings (SSSR count). The monoisotopic (exact) mass is 223 g/mol. The second-order valence-electron chi connectivity index (χ2n) is 4.34. The second kappa shape index (κ2) is 5.16. The summed E-state index contributed by atoms with van der Waals surface area (Å²) in [5.41, 5.74) is 0.263. The number of carbonyl (C=O) groups is 1. The Morgan fingerprint density at radius 2 is 2.25 bits per heavy atom. The molecular weight excluding hydrogens is 206 g/mol. The van der Waals surface area contributed by atoms with Crippen LogP contribution in [0.1, 0.15) is 41.8 Å². The van der Waals surface area contributed by atoms with Crippen LogP contribution in [0.5, 0.6) is 0 Å². The summed E-state index contributed by atoms with van der Waals surface area (Å²) in [6, 6.07) is 1.49. The fourth-order valence-corrected chi connectivity index (χ4v) is 2.27. The van der Waals surface area contributed by atoms with Crippen molar-refractivity contribution in [2.45, 2.75) is 32.2 Å². The van der Waals surface area contributed by atoms with Gasteiger partial charge < -0.3 is 14.8 Å². The quantitative estimate of drug-likeness (QED) is 0.803. The summed E-state index contributed by atoms with van der Waals surface area (Å²) in [6.45, 7) is 1.46. The Bertz CT molecular complexity index is 353. The maximum absolute atomic E-state index is 10.8. The van der Waals surface area contributed by atoms with Gasteiger partial charge in [-0.2, -0.15) is 0 Å². The van der Waals surface area contributed by atoms with Crippen LogP contribution in [0.3, 0.4) is 0 Å². The minimum absolute atomic E-state index is 0.263. The summed E-state index contributed by atoms with van der Waals surface area (Å²) < 4.78 is 5.15. The normalized spacial score (nSPS) is 16.8. The number of aromatic carboxylic acids is 1. The zero-order valence-corrected chi connectivity index (χ0v) is 9.24. The van der Waals surface area contributed by atoms with Gasteiger partial charge in [0.25, 0.3) is 0 Å². The summed E-state index contributed by atoms with van der Waals surface area (Å²) in [5, 5.41) is 12.1. The Kier molecular flexibility index (Phi) is 3.62. The first kappa shape index (κ1) is 11.2. The lowest BCUT2D eigenvalue weighted by Gasteiger charge is -2.09. The molecule has 1 saturated carbocycles. The highest BCUT2D eigenvalue weighted by molar-refractivity contribution is 5.88. The summed E-state index contributed by atoms with van der Waals surface area (Å²) >= 11 is 0. The molecule has 1 aliphatic carbocycles. The molecule has 0 aromatic carbocycles. The Hall–Kier alpha value is -1.29. The molecule has 88 valence electrons. The highest BCUT2D eigenvalue weighted by atomic mass is 16.4. The number of hydrogen-bond donors (Lipinski definition) is 2. The van der Waals surface area contributed by atoms with Crippen LogP contribution < -0.4 is 5.32 Å². The van der Waals surface area contributed by atoms with Crippen LogP contribution in [0.2, 0.25) is 0 Å². The van der Waals surface area contributed by atoms with E-state index in [1.807, 2.05) is 0 Å². The highest BCUT2D eigenvalue weighted by Gasteiger charge is 2.16. The average molecular weight is 223 g/mol. The molecule has 1 heterocycles. The molecule has 1 aromatic rings. The van der Waals surface area contributed by atoms with Gasteiger partial charge in [-0.25, -0.2) is 4.79 Å². The molecule has 4 heteroatoms. The summed E-state index contributed by atoms with van der Waals surface area (Å²) in [7, 11) is 0. The fourth-order valence-electron chi connectivity index (χ4n) is 2.27. The van der Waals surface area contributed by atoms with Crippen molar-refractivity contribution in [2.75, 3.05) is 6.54 Å². The van der Waals surface area contributed by atoms with Gasteiger partial charge in [-0.3, -0.25) is 0 Å². The van der Waals surface area contributed by atoms with Crippen molar-refractivity contribution in [3.05, 3.63) is 23.7 Å². The van der Waals surface area contributed by atoms with E-state index in [0.29, 0.717) is 12.3 Å². The predicted molar refractivity (Wildman–Crippen MR) is 59.3 cm³/mol. The molecule has 2 N–H and O–H groups in total.